The van der Waals surface area contributed by atoms with Crippen LogP contribution in [0.15, 0.2) is 27.4 Å². The molecule has 0 aliphatic rings. The molecule has 0 saturated carbocycles. The highest BCUT2D eigenvalue weighted by Crippen LogP contribution is 2.24. The summed E-state index contributed by atoms with van der Waals surface area (Å²) in [6.07, 6.45) is 3.39. The third-order valence-corrected chi connectivity index (χ3v) is 3.54. The zero-order chi connectivity index (χ0) is 15.4. The molecule has 0 aliphatic heterocycles. The van der Waals surface area contributed by atoms with Gasteiger partial charge in [0.25, 0.3) is 0 Å². The summed E-state index contributed by atoms with van der Waals surface area (Å²) in [5.41, 5.74) is 2.35. The van der Waals surface area contributed by atoms with E-state index in [0.717, 1.165) is 35.8 Å². The van der Waals surface area contributed by atoms with Crippen LogP contribution in [0.3, 0.4) is 0 Å². The van der Waals surface area contributed by atoms with Gasteiger partial charge >= 0.3 is 11.6 Å². The molecule has 0 saturated heterocycles. The van der Waals surface area contributed by atoms with Gasteiger partial charge in [-0.3, -0.25) is 0 Å². The van der Waals surface area contributed by atoms with E-state index in [1.807, 2.05) is 13.0 Å². The van der Waals surface area contributed by atoms with E-state index in [1.165, 1.54) is 7.11 Å². The number of methoxy groups -OCH3 is 1. The van der Waals surface area contributed by atoms with Crippen molar-refractivity contribution < 1.29 is 13.9 Å². The standard InChI is InChI=1S/C17H20O4/c1-4-6-12-13-9-8-11(16(18)20-3)10-15(13)21-17(19)14(12)7-5-2/h8-10H,4-7H2,1-3H3. The van der Waals surface area contributed by atoms with Crippen molar-refractivity contribution in [1.29, 1.82) is 0 Å². The molecule has 4 heteroatoms. The Labute approximate surface area is 123 Å². The van der Waals surface area contributed by atoms with Gasteiger partial charge in [0.15, 0.2) is 0 Å². The maximum absolute atomic E-state index is 12.2. The van der Waals surface area contributed by atoms with E-state index in [-0.39, 0.29) is 5.63 Å². The normalized spacial score (nSPS) is 10.8. The summed E-state index contributed by atoms with van der Waals surface area (Å²) < 4.78 is 10.1. The minimum absolute atomic E-state index is 0.296. The van der Waals surface area contributed by atoms with Gasteiger partial charge in [0.2, 0.25) is 0 Å². The van der Waals surface area contributed by atoms with Crippen LogP contribution in [0.2, 0.25) is 0 Å². The lowest BCUT2D eigenvalue weighted by molar-refractivity contribution is 0.0600. The highest BCUT2D eigenvalue weighted by atomic mass is 16.5. The number of hydrogen-bond donors (Lipinski definition) is 0. The second-order valence-corrected chi connectivity index (χ2v) is 5.05. The molecule has 0 radical (unpaired) electrons. The molecule has 0 bridgehead atoms. The van der Waals surface area contributed by atoms with Crippen LogP contribution in [0.25, 0.3) is 11.0 Å². The van der Waals surface area contributed by atoms with Gasteiger partial charge in [-0.1, -0.05) is 32.8 Å². The number of carbonyl (C=O) groups excluding carboxylic acids is 1. The lowest BCUT2D eigenvalue weighted by Crippen LogP contribution is -2.12. The van der Waals surface area contributed by atoms with Crippen molar-refractivity contribution in [3.05, 3.63) is 45.3 Å². The lowest BCUT2D eigenvalue weighted by atomic mass is 9.97. The van der Waals surface area contributed by atoms with Crippen molar-refractivity contribution in [3.8, 4) is 0 Å². The smallest absolute Gasteiger partial charge is 0.339 e. The molecule has 4 nitrogen and oxygen atoms in total. The van der Waals surface area contributed by atoms with Crippen LogP contribution in [0.1, 0.15) is 48.2 Å². The van der Waals surface area contributed by atoms with Crippen LogP contribution in [0, 0.1) is 0 Å². The number of fused-ring (bicyclic) bond motifs is 1. The number of benzene rings is 1. The van der Waals surface area contributed by atoms with E-state index in [2.05, 4.69) is 6.92 Å². The first kappa shape index (κ1) is 15.3. The van der Waals surface area contributed by atoms with Crippen LogP contribution < -0.4 is 5.63 Å². The van der Waals surface area contributed by atoms with Crippen molar-refractivity contribution in [2.45, 2.75) is 39.5 Å². The maximum atomic E-state index is 12.2. The first-order valence-corrected chi connectivity index (χ1v) is 7.29. The molecular formula is C17H20O4. The van der Waals surface area contributed by atoms with Gasteiger partial charge in [0.1, 0.15) is 5.58 Å². The number of aryl methyl sites for hydroxylation is 1. The maximum Gasteiger partial charge on any atom is 0.339 e. The molecule has 2 rings (SSSR count). The predicted molar refractivity (Wildman–Crippen MR) is 81.8 cm³/mol. The molecular weight excluding hydrogens is 268 g/mol. The van der Waals surface area contributed by atoms with E-state index in [0.29, 0.717) is 17.6 Å². The van der Waals surface area contributed by atoms with Gasteiger partial charge in [0, 0.05) is 10.9 Å². The summed E-state index contributed by atoms with van der Waals surface area (Å²) in [5, 5.41) is 0.910. The molecule has 0 fully saturated rings. The topological polar surface area (TPSA) is 56.5 Å². The van der Waals surface area contributed by atoms with E-state index >= 15 is 0 Å². The fourth-order valence-electron chi connectivity index (χ4n) is 2.59. The molecule has 0 spiro atoms. The fraction of sp³-hybridized carbons (Fsp3) is 0.412. The number of ether oxygens (including phenoxy) is 1. The molecule has 0 N–H and O–H groups in total. The van der Waals surface area contributed by atoms with Gasteiger partial charge in [-0.2, -0.15) is 0 Å². The van der Waals surface area contributed by atoms with Gasteiger partial charge in [0.05, 0.1) is 12.7 Å². The SMILES string of the molecule is CCCc1c(CCC)c2ccc(C(=O)OC)cc2oc1=O. The second-order valence-electron chi connectivity index (χ2n) is 5.05. The van der Waals surface area contributed by atoms with Gasteiger partial charge in [-0.25, -0.2) is 9.59 Å². The average Bonchev–Trinajstić information content (AvgIpc) is 2.49. The summed E-state index contributed by atoms with van der Waals surface area (Å²) >= 11 is 0. The van der Waals surface area contributed by atoms with E-state index in [9.17, 15) is 9.59 Å². The fourth-order valence-corrected chi connectivity index (χ4v) is 2.59. The number of rotatable bonds is 5. The molecule has 0 aliphatic carbocycles. The minimum atomic E-state index is -0.436. The molecule has 112 valence electrons. The largest absolute Gasteiger partial charge is 0.465 e. The molecule has 2 aromatic rings. The van der Waals surface area contributed by atoms with Crippen LogP contribution in [0.4, 0.5) is 0 Å². The monoisotopic (exact) mass is 288 g/mol. The third kappa shape index (κ3) is 2.99. The Balaban J connectivity index is 2.69. The van der Waals surface area contributed by atoms with Gasteiger partial charge in [-0.15, -0.1) is 0 Å². The Bertz CT molecular complexity index is 713. The zero-order valence-electron chi connectivity index (χ0n) is 12.7. The molecule has 1 aromatic carbocycles. The molecule has 1 heterocycles. The van der Waals surface area contributed by atoms with Gasteiger partial charge < -0.3 is 9.15 Å². The Kier molecular flexibility index (Phi) is 4.78. The molecule has 0 atom stereocenters. The van der Waals surface area contributed by atoms with Crippen molar-refractivity contribution in [2.24, 2.45) is 0 Å². The highest BCUT2D eigenvalue weighted by Gasteiger charge is 2.15. The van der Waals surface area contributed by atoms with Gasteiger partial charge in [-0.05, 0) is 30.5 Å². The summed E-state index contributed by atoms with van der Waals surface area (Å²) in [6, 6.07) is 5.13. The summed E-state index contributed by atoms with van der Waals surface area (Å²) in [7, 11) is 1.33. The number of esters is 1. The van der Waals surface area contributed by atoms with Crippen molar-refractivity contribution in [3.63, 3.8) is 0 Å². The van der Waals surface area contributed by atoms with Crippen molar-refractivity contribution in [2.75, 3.05) is 7.11 Å². The Morgan fingerprint density at radius 3 is 2.43 bits per heavy atom. The minimum Gasteiger partial charge on any atom is -0.465 e. The van der Waals surface area contributed by atoms with E-state index in [4.69, 9.17) is 9.15 Å². The Morgan fingerprint density at radius 2 is 1.81 bits per heavy atom. The highest BCUT2D eigenvalue weighted by molar-refractivity contribution is 5.94. The lowest BCUT2D eigenvalue weighted by Gasteiger charge is -2.11. The number of hydrogen-bond acceptors (Lipinski definition) is 4. The summed E-state index contributed by atoms with van der Waals surface area (Å²) in [6.45, 7) is 4.12. The first-order valence-electron chi connectivity index (χ1n) is 7.29. The first-order chi connectivity index (χ1) is 10.1. The van der Waals surface area contributed by atoms with Crippen LogP contribution in [0.5, 0.6) is 0 Å². The molecule has 0 amide bonds. The van der Waals surface area contributed by atoms with Crippen LogP contribution in [-0.4, -0.2) is 13.1 Å². The Hall–Kier alpha value is -2.10. The molecule has 21 heavy (non-hydrogen) atoms. The summed E-state index contributed by atoms with van der Waals surface area (Å²) in [5.74, 6) is -0.436. The average molecular weight is 288 g/mol. The van der Waals surface area contributed by atoms with Crippen molar-refractivity contribution >= 4 is 16.9 Å². The van der Waals surface area contributed by atoms with Crippen LogP contribution >= 0.6 is 0 Å². The Morgan fingerprint density at radius 1 is 1.14 bits per heavy atom. The summed E-state index contributed by atoms with van der Waals surface area (Å²) in [4.78, 5) is 23.8. The molecule has 1 aromatic heterocycles. The van der Waals surface area contributed by atoms with E-state index in [1.54, 1.807) is 12.1 Å². The van der Waals surface area contributed by atoms with Crippen LogP contribution in [-0.2, 0) is 17.6 Å². The third-order valence-electron chi connectivity index (χ3n) is 3.54. The van der Waals surface area contributed by atoms with Crippen molar-refractivity contribution in [1.82, 2.24) is 0 Å². The molecule has 0 unspecified atom stereocenters. The van der Waals surface area contributed by atoms with E-state index < -0.39 is 5.97 Å². The zero-order valence-corrected chi connectivity index (χ0v) is 12.7. The predicted octanol–water partition coefficient (Wildman–Crippen LogP) is 3.48. The quantitative estimate of drug-likeness (QED) is 0.624. The second kappa shape index (κ2) is 6.57. The number of carbonyl (C=O) groups is 1.